The lowest BCUT2D eigenvalue weighted by molar-refractivity contribution is 0.0467. The number of anilines is 1. The molecule has 0 aliphatic heterocycles. The molecule has 2 N–H and O–H groups in total. The van der Waals surface area contributed by atoms with Gasteiger partial charge >= 0.3 is 5.97 Å². The number of rotatable bonds is 6. The van der Waals surface area contributed by atoms with E-state index >= 15 is 0 Å². The zero-order valence-electron chi connectivity index (χ0n) is 10.8. The summed E-state index contributed by atoms with van der Waals surface area (Å²) in [6.07, 6.45) is 0. The van der Waals surface area contributed by atoms with Crippen LogP contribution in [0.5, 0.6) is 0 Å². The van der Waals surface area contributed by atoms with Gasteiger partial charge in [-0.15, -0.1) is 0 Å². The van der Waals surface area contributed by atoms with Crippen LogP contribution in [0.25, 0.3) is 0 Å². The molecule has 0 bridgehead atoms. The molecule has 0 amide bonds. The smallest absolute Gasteiger partial charge is 0.340 e. The highest BCUT2D eigenvalue weighted by atomic mass is 19.1. The van der Waals surface area contributed by atoms with Gasteiger partial charge in [-0.3, -0.25) is 0 Å². The number of hydrogen-bond donors (Lipinski definition) is 1. The first kappa shape index (κ1) is 14.4. The topological polar surface area (TPSA) is 55.6 Å². The van der Waals surface area contributed by atoms with E-state index in [0.717, 1.165) is 19.2 Å². The minimum atomic E-state index is -0.584. The molecule has 0 aliphatic carbocycles. The Morgan fingerprint density at radius 2 is 2.06 bits per heavy atom. The highest BCUT2D eigenvalue weighted by molar-refractivity contribution is 5.95. The predicted molar refractivity (Wildman–Crippen MR) is 68.9 cm³/mol. The zero-order chi connectivity index (χ0) is 13.5. The van der Waals surface area contributed by atoms with Gasteiger partial charge in [0.2, 0.25) is 0 Å². The van der Waals surface area contributed by atoms with Gasteiger partial charge < -0.3 is 15.4 Å². The first-order chi connectivity index (χ1) is 8.58. The molecule has 0 aromatic heterocycles. The summed E-state index contributed by atoms with van der Waals surface area (Å²) < 4.78 is 18.1. The van der Waals surface area contributed by atoms with Crippen molar-refractivity contribution in [3.8, 4) is 0 Å². The Morgan fingerprint density at radius 3 is 2.67 bits per heavy atom. The number of ether oxygens (including phenoxy) is 1. The van der Waals surface area contributed by atoms with Crippen molar-refractivity contribution in [1.29, 1.82) is 0 Å². The molecule has 0 aliphatic rings. The van der Waals surface area contributed by atoms with E-state index in [9.17, 15) is 9.18 Å². The molecule has 1 rings (SSSR count). The standard InChI is InChI=1S/C13H19FN2O2/c1-3-16(4-2)7-8-18-13(17)11-9-10(14)5-6-12(11)15/h5-6,9H,3-4,7-8,15H2,1-2H3. The fourth-order valence-corrected chi connectivity index (χ4v) is 1.59. The highest BCUT2D eigenvalue weighted by Gasteiger charge is 2.12. The van der Waals surface area contributed by atoms with Crippen LogP contribution in [0.2, 0.25) is 0 Å². The number of likely N-dealkylation sites (N-methyl/N-ethyl adjacent to an activating group) is 1. The zero-order valence-corrected chi connectivity index (χ0v) is 10.8. The quantitative estimate of drug-likeness (QED) is 0.622. The first-order valence-corrected chi connectivity index (χ1v) is 6.03. The Hall–Kier alpha value is -1.62. The molecular weight excluding hydrogens is 235 g/mol. The Bertz CT molecular complexity index is 406. The van der Waals surface area contributed by atoms with Crippen LogP contribution in [0.4, 0.5) is 10.1 Å². The van der Waals surface area contributed by atoms with Crippen LogP contribution >= 0.6 is 0 Å². The minimum absolute atomic E-state index is 0.0783. The fourth-order valence-electron chi connectivity index (χ4n) is 1.59. The largest absolute Gasteiger partial charge is 0.461 e. The lowest BCUT2D eigenvalue weighted by Crippen LogP contribution is -2.28. The Labute approximate surface area is 107 Å². The van der Waals surface area contributed by atoms with Crippen LogP contribution in [0, 0.1) is 5.82 Å². The molecule has 5 heteroatoms. The van der Waals surface area contributed by atoms with Gasteiger partial charge in [0.05, 0.1) is 5.56 Å². The van der Waals surface area contributed by atoms with E-state index in [1.807, 2.05) is 13.8 Å². The van der Waals surface area contributed by atoms with Gasteiger partial charge in [0.25, 0.3) is 0 Å². The number of benzene rings is 1. The Morgan fingerprint density at radius 1 is 1.39 bits per heavy atom. The predicted octanol–water partition coefficient (Wildman–Crippen LogP) is 1.91. The number of nitrogens with two attached hydrogens (primary N) is 1. The number of hydrogen-bond acceptors (Lipinski definition) is 4. The van der Waals surface area contributed by atoms with Gasteiger partial charge in [-0.25, -0.2) is 9.18 Å². The second-order valence-corrected chi connectivity index (χ2v) is 3.89. The minimum Gasteiger partial charge on any atom is -0.461 e. The molecule has 0 heterocycles. The molecular formula is C13H19FN2O2. The third kappa shape index (κ3) is 4.00. The van der Waals surface area contributed by atoms with Crippen LogP contribution in [0.1, 0.15) is 24.2 Å². The Kier molecular flexibility index (Phi) is 5.58. The van der Waals surface area contributed by atoms with Crippen LogP contribution in [-0.4, -0.2) is 37.1 Å². The van der Waals surface area contributed by atoms with E-state index in [4.69, 9.17) is 10.5 Å². The molecule has 1 aromatic rings. The molecule has 0 atom stereocenters. The number of carbonyl (C=O) groups is 1. The third-order valence-electron chi connectivity index (χ3n) is 2.77. The average Bonchev–Trinajstić information content (AvgIpc) is 2.37. The highest BCUT2D eigenvalue weighted by Crippen LogP contribution is 2.14. The molecule has 0 spiro atoms. The van der Waals surface area contributed by atoms with Gasteiger partial charge in [0.15, 0.2) is 0 Å². The van der Waals surface area contributed by atoms with E-state index in [-0.39, 0.29) is 17.9 Å². The van der Waals surface area contributed by atoms with Crippen molar-refractivity contribution in [2.24, 2.45) is 0 Å². The lowest BCUT2D eigenvalue weighted by atomic mass is 10.2. The van der Waals surface area contributed by atoms with Crippen molar-refractivity contribution in [3.05, 3.63) is 29.6 Å². The molecule has 0 saturated carbocycles. The summed E-state index contributed by atoms with van der Waals surface area (Å²) in [4.78, 5) is 13.8. The van der Waals surface area contributed by atoms with Crippen molar-refractivity contribution >= 4 is 11.7 Å². The van der Waals surface area contributed by atoms with Gasteiger partial charge in [-0.1, -0.05) is 13.8 Å². The van der Waals surface area contributed by atoms with E-state index in [1.165, 1.54) is 12.1 Å². The maximum absolute atomic E-state index is 13.0. The van der Waals surface area contributed by atoms with Crippen molar-refractivity contribution in [1.82, 2.24) is 4.90 Å². The lowest BCUT2D eigenvalue weighted by Gasteiger charge is -2.17. The molecule has 0 radical (unpaired) electrons. The number of halogens is 1. The molecule has 0 saturated heterocycles. The summed E-state index contributed by atoms with van der Waals surface area (Å²) in [5.74, 6) is -1.08. The summed E-state index contributed by atoms with van der Waals surface area (Å²) in [5, 5.41) is 0. The molecule has 18 heavy (non-hydrogen) atoms. The summed E-state index contributed by atoms with van der Waals surface area (Å²) in [6, 6.07) is 3.66. The van der Waals surface area contributed by atoms with Crippen molar-refractivity contribution in [3.63, 3.8) is 0 Å². The molecule has 0 unspecified atom stereocenters. The normalized spacial score (nSPS) is 10.7. The van der Waals surface area contributed by atoms with Crippen molar-refractivity contribution in [2.75, 3.05) is 32.0 Å². The first-order valence-electron chi connectivity index (χ1n) is 6.03. The number of nitrogen functional groups attached to an aromatic ring is 1. The van der Waals surface area contributed by atoms with E-state index in [2.05, 4.69) is 4.90 Å². The van der Waals surface area contributed by atoms with Gasteiger partial charge in [0.1, 0.15) is 12.4 Å². The van der Waals surface area contributed by atoms with Crippen molar-refractivity contribution in [2.45, 2.75) is 13.8 Å². The Balaban J connectivity index is 2.53. The molecule has 4 nitrogen and oxygen atoms in total. The van der Waals surface area contributed by atoms with E-state index in [1.54, 1.807) is 0 Å². The molecule has 1 aromatic carbocycles. The van der Waals surface area contributed by atoms with Crippen LogP contribution in [0.15, 0.2) is 18.2 Å². The molecule has 0 fully saturated rings. The third-order valence-corrected chi connectivity index (χ3v) is 2.77. The van der Waals surface area contributed by atoms with E-state index < -0.39 is 11.8 Å². The SMILES string of the molecule is CCN(CC)CCOC(=O)c1cc(F)ccc1N. The second-order valence-electron chi connectivity index (χ2n) is 3.89. The maximum Gasteiger partial charge on any atom is 0.340 e. The van der Waals surface area contributed by atoms with E-state index in [0.29, 0.717) is 6.54 Å². The second kappa shape index (κ2) is 6.96. The van der Waals surface area contributed by atoms with Crippen molar-refractivity contribution < 1.29 is 13.9 Å². The monoisotopic (exact) mass is 254 g/mol. The fraction of sp³-hybridized carbons (Fsp3) is 0.462. The van der Waals surface area contributed by atoms with Gasteiger partial charge in [-0.05, 0) is 31.3 Å². The summed E-state index contributed by atoms with van der Waals surface area (Å²) >= 11 is 0. The van der Waals surface area contributed by atoms with Crippen LogP contribution < -0.4 is 5.73 Å². The molecule has 100 valence electrons. The summed E-state index contributed by atoms with van der Waals surface area (Å²) in [6.45, 7) is 6.81. The van der Waals surface area contributed by atoms with Gasteiger partial charge in [0, 0.05) is 12.2 Å². The number of nitrogens with zero attached hydrogens (tertiary/aromatic N) is 1. The van der Waals surface area contributed by atoms with Gasteiger partial charge in [-0.2, -0.15) is 0 Å². The summed E-state index contributed by atoms with van der Waals surface area (Å²) in [5.41, 5.74) is 5.90. The number of carbonyl (C=O) groups excluding carboxylic acids is 1. The van der Waals surface area contributed by atoms with Crippen LogP contribution in [-0.2, 0) is 4.74 Å². The summed E-state index contributed by atoms with van der Waals surface area (Å²) in [7, 11) is 0. The average molecular weight is 254 g/mol. The number of esters is 1. The maximum atomic E-state index is 13.0. The van der Waals surface area contributed by atoms with Crippen LogP contribution in [0.3, 0.4) is 0 Å².